The maximum absolute atomic E-state index is 13.1. The highest BCUT2D eigenvalue weighted by Crippen LogP contribution is 2.45. The van der Waals surface area contributed by atoms with Crippen LogP contribution in [0.1, 0.15) is 409 Å². The molecule has 6 atom stereocenters. The summed E-state index contributed by atoms with van der Waals surface area (Å²) in [4.78, 5) is 73.0. The molecule has 0 aliphatic heterocycles. The van der Waals surface area contributed by atoms with Crippen molar-refractivity contribution in [2.24, 2.45) is 23.7 Å². The van der Waals surface area contributed by atoms with Crippen molar-refractivity contribution in [2.45, 2.75) is 427 Å². The molecular weight excluding hydrogens is 1290 g/mol. The molecule has 0 spiro atoms. The van der Waals surface area contributed by atoms with Crippen molar-refractivity contribution in [3.8, 4) is 0 Å². The molecule has 0 aromatic rings. The molecule has 0 saturated carbocycles. The Bertz CT molecular complexity index is 1940. The lowest BCUT2D eigenvalue weighted by molar-refractivity contribution is -0.161. The van der Waals surface area contributed by atoms with Gasteiger partial charge in [0.1, 0.15) is 19.3 Å². The third-order valence-electron chi connectivity index (χ3n) is 18.9. The van der Waals surface area contributed by atoms with Gasteiger partial charge in [-0.15, -0.1) is 0 Å². The number of esters is 4. The lowest BCUT2D eigenvalue weighted by Gasteiger charge is -2.21. The molecule has 3 N–H and O–H groups in total. The molecule has 99 heavy (non-hydrogen) atoms. The first-order valence-corrected chi connectivity index (χ1v) is 44.2. The van der Waals surface area contributed by atoms with E-state index in [-0.39, 0.29) is 25.7 Å². The van der Waals surface area contributed by atoms with Crippen molar-refractivity contribution in [3.05, 3.63) is 0 Å². The monoisotopic (exact) mass is 1450 g/mol. The smallest absolute Gasteiger partial charge is 0.462 e. The van der Waals surface area contributed by atoms with Crippen LogP contribution >= 0.6 is 15.6 Å². The number of phosphoric ester groups is 2. The summed E-state index contributed by atoms with van der Waals surface area (Å²) in [5.74, 6) is 0.992. The average molecular weight is 1450 g/mol. The second-order valence-electron chi connectivity index (χ2n) is 30.5. The molecule has 0 saturated heterocycles. The van der Waals surface area contributed by atoms with Crippen molar-refractivity contribution >= 4 is 39.5 Å². The number of carbonyl (C=O) groups is 4. The van der Waals surface area contributed by atoms with Crippen LogP contribution in [0, 0.1) is 23.7 Å². The molecule has 0 aromatic heterocycles. The predicted molar refractivity (Wildman–Crippen MR) is 404 cm³/mol. The van der Waals surface area contributed by atoms with E-state index in [0.717, 1.165) is 114 Å². The Kier molecular flexibility index (Phi) is 67.8. The topological polar surface area (TPSA) is 237 Å². The van der Waals surface area contributed by atoms with E-state index in [0.29, 0.717) is 31.6 Å². The summed E-state index contributed by atoms with van der Waals surface area (Å²) >= 11 is 0. The highest BCUT2D eigenvalue weighted by Gasteiger charge is 2.30. The highest BCUT2D eigenvalue weighted by atomic mass is 31.2. The molecule has 4 unspecified atom stereocenters. The zero-order valence-corrected chi connectivity index (χ0v) is 66.9. The van der Waals surface area contributed by atoms with Crippen LogP contribution in [0.2, 0.25) is 0 Å². The van der Waals surface area contributed by atoms with Gasteiger partial charge in [0.15, 0.2) is 12.2 Å². The molecule has 0 radical (unpaired) electrons. The fourth-order valence-corrected chi connectivity index (χ4v) is 13.8. The van der Waals surface area contributed by atoms with Gasteiger partial charge in [0.25, 0.3) is 0 Å². The number of aliphatic hydroxyl groups is 1. The Hall–Kier alpha value is -1.94. The van der Waals surface area contributed by atoms with Gasteiger partial charge >= 0.3 is 39.5 Å². The van der Waals surface area contributed by atoms with Crippen molar-refractivity contribution < 1.29 is 80.2 Å². The number of aliphatic hydroxyl groups excluding tert-OH is 1. The van der Waals surface area contributed by atoms with Gasteiger partial charge in [-0.1, -0.05) is 357 Å². The van der Waals surface area contributed by atoms with Gasteiger partial charge < -0.3 is 33.8 Å². The minimum Gasteiger partial charge on any atom is -0.462 e. The normalized spacial score (nSPS) is 14.3. The molecule has 0 amide bonds. The van der Waals surface area contributed by atoms with Crippen LogP contribution < -0.4 is 0 Å². The third-order valence-corrected chi connectivity index (χ3v) is 20.8. The highest BCUT2D eigenvalue weighted by molar-refractivity contribution is 7.47. The Morgan fingerprint density at radius 2 is 0.485 bits per heavy atom. The van der Waals surface area contributed by atoms with E-state index in [1.165, 1.54) is 205 Å². The van der Waals surface area contributed by atoms with Crippen LogP contribution in [0.4, 0.5) is 0 Å². The van der Waals surface area contributed by atoms with Crippen LogP contribution in [0.3, 0.4) is 0 Å². The molecule has 0 fully saturated rings. The molecular formula is C80H156O17P2. The quantitative estimate of drug-likeness (QED) is 0.0222. The van der Waals surface area contributed by atoms with E-state index in [2.05, 4.69) is 55.4 Å². The van der Waals surface area contributed by atoms with Gasteiger partial charge in [0.05, 0.1) is 26.4 Å². The van der Waals surface area contributed by atoms with Crippen molar-refractivity contribution in [2.75, 3.05) is 39.6 Å². The van der Waals surface area contributed by atoms with Gasteiger partial charge in [0, 0.05) is 25.7 Å². The molecule has 0 heterocycles. The molecule has 0 rings (SSSR count). The second kappa shape index (κ2) is 69.1. The summed E-state index contributed by atoms with van der Waals surface area (Å²) in [6, 6.07) is 0. The Morgan fingerprint density at radius 1 is 0.283 bits per heavy atom. The Labute approximate surface area is 607 Å². The van der Waals surface area contributed by atoms with Crippen molar-refractivity contribution in [1.82, 2.24) is 0 Å². The summed E-state index contributed by atoms with van der Waals surface area (Å²) in [5, 5.41) is 10.6. The number of phosphoric acid groups is 2. The minimum atomic E-state index is -4.96. The van der Waals surface area contributed by atoms with Gasteiger partial charge in [-0.2, -0.15) is 0 Å². The molecule has 0 aliphatic rings. The van der Waals surface area contributed by atoms with Crippen LogP contribution in [-0.2, 0) is 65.4 Å². The third kappa shape index (κ3) is 72.8. The maximum Gasteiger partial charge on any atom is 0.472 e. The number of ether oxygens (including phenoxy) is 4. The zero-order chi connectivity index (χ0) is 73.1. The van der Waals surface area contributed by atoms with Crippen LogP contribution in [0.5, 0.6) is 0 Å². The Morgan fingerprint density at radius 3 is 0.717 bits per heavy atom. The first-order valence-electron chi connectivity index (χ1n) is 41.2. The first kappa shape index (κ1) is 97.1. The summed E-state index contributed by atoms with van der Waals surface area (Å²) < 4.78 is 68.7. The molecule has 17 nitrogen and oxygen atoms in total. The van der Waals surface area contributed by atoms with Gasteiger partial charge in [-0.05, 0) is 49.4 Å². The summed E-state index contributed by atoms with van der Waals surface area (Å²) in [6.07, 6.45) is 55.5. The van der Waals surface area contributed by atoms with Gasteiger partial charge in [0.2, 0.25) is 0 Å². The van der Waals surface area contributed by atoms with Crippen LogP contribution in [-0.4, -0.2) is 96.7 Å². The standard InChI is InChI=1S/C80H156O17P2/c1-9-73(8)59-51-43-35-27-23-24-30-38-47-55-63-80(85)97-76(67-91-78(83)61-53-45-39-31-34-42-50-58-72(6)7)69-95-99(88,89)93-65-74(81)64-92-98(86,87)94-68-75(66-90-77(82)60-52-44-36-28-21-18-14-16-20-26-33-41-49-57-71(4)5)96-79(84)62-54-46-37-29-22-17-13-11-10-12-15-19-25-32-40-48-56-70(2)3/h70-76,81H,9-69H2,1-8H3,(H,86,87)(H,88,89)/t73?,74?,75-,76-/m1/s1. The molecule has 0 aliphatic carbocycles. The predicted octanol–water partition coefficient (Wildman–Crippen LogP) is 23.6. The molecule has 19 heteroatoms. The number of hydrogen-bond donors (Lipinski definition) is 3. The van der Waals surface area contributed by atoms with Crippen LogP contribution in [0.15, 0.2) is 0 Å². The lowest BCUT2D eigenvalue weighted by atomic mass is 9.99. The fraction of sp³-hybridized carbons (Fsp3) is 0.950. The van der Waals surface area contributed by atoms with E-state index in [1.807, 2.05) is 0 Å². The summed E-state index contributed by atoms with van der Waals surface area (Å²) in [7, 11) is -9.92. The lowest BCUT2D eigenvalue weighted by Crippen LogP contribution is -2.30. The number of rotatable bonds is 77. The van der Waals surface area contributed by atoms with E-state index in [1.54, 1.807) is 0 Å². The van der Waals surface area contributed by atoms with Gasteiger partial charge in [-0.25, -0.2) is 9.13 Å². The molecule has 588 valence electrons. The molecule has 0 aromatic carbocycles. The SMILES string of the molecule is CCC(C)CCCCCCCCCCCCC(=O)O[C@H](COC(=O)CCCCCCCCCC(C)C)COP(=O)(O)OCC(O)COP(=O)(O)OC[C@@H](COC(=O)CCCCCCCCCCCCCCCC(C)C)OC(=O)CCCCCCCCCCCCCCCCCCC(C)C. The number of hydrogen-bond acceptors (Lipinski definition) is 15. The Balaban J connectivity index is 5.25. The van der Waals surface area contributed by atoms with Gasteiger partial charge in [-0.3, -0.25) is 37.3 Å². The largest absolute Gasteiger partial charge is 0.472 e. The van der Waals surface area contributed by atoms with Crippen LogP contribution in [0.25, 0.3) is 0 Å². The second-order valence-corrected chi connectivity index (χ2v) is 33.4. The summed E-state index contributed by atoms with van der Waals surface area (Å²) in [5.41, 5.74) is 0. The number of unbranched alkanes of at least 4 members (excludes halogenated alkanes) is 42. The van der Waals surface area contributed by atoms with E-state index < -0.39 is 97.5 Å². The first-order chi connectivity index (χ1) is 47.6. The van der Waals surface area contributed by atoms with E-state index in [4.69, 9.17) is 37.0 Å². The maximum atomic E-state index is 13.1. The van der Waals surface area contributed by atoms with E-state index in [9.17, 15) is 43.2 Å². The summed E-state index contributed by atoms with van der Waals surface area (Å²) in [6.45, 7) is 14.3. The fourth-order valence-electron chi connectivity index (χ4n) is 12.2. The van der Waals surface area contributed by atoms with E-state index >= 15 is 0 Å². The number of carbonyl (C=O) groups excluding carboxylic acids is 4. The van der Waals surface area contributed by atoms with Crippen molar-refractivity contribution in [3.63, 3.8) is 0 Å². The average Bonchev–Trinajstić information content (AvgIpc) is 1.12. The zero-order valence-electron chi connectivity index (χ0n) is 65.1. The van der Waals surface area contributed by atoms with Crippen molar-refractivity contribution in [1.29, 1.82) is 0 Å². The molecule has 0 bridgehead atoms. The minimum absolute atomic E-state index is 0.105.